The molecule has 0 aliphatic carbocycles. The van der Waals surface area contributed by atoms with E-state index in [0.29, 0.717) is 5.39 Å². The highest BCUT2D eigenvalue weighted by molar-refractivity contribution is 5.85. The van der Waals surface area contributed by atoms with Crippen molar-refractivity contribution in [3.8, 4) is 0 Å². The van der Waals surface area contributed by atoms with Crippen molar-refractivity contribution in [1.82, 2.24) is 10.3 Å². The van der Waals surface area contributed by atoms with Gasteiger partial charge in [0.1, 0.15) is 0 Å². The molecule has 0 bridgehead atoms. The molecule has 1 heterocycles. The fraction of sp³-hybridized carbons (Fsp3) is 0.308. The van der Waals surface area contributed by atoms with Crippen LogP contribution in [0.5, 0.6) is 0 Å². The van der Waals surface area contributed by atoms with E-state index in [1.54, 1.807) is 25.3 Å². The average Bonchev–Trinajstić information content (AvgIpc) is 2.37. The number of aromatic amines is 1. The van der Waals surface area contributed by atoms with E-state index in [1.807, 2.05) is 12.1 Å². The van der Waals surface area contributed by atoms with Crippen LogP contribution >= 0.6 is 12.4 Å². The molecule has 0 amide bonds. The third kappa shape index (κ3) is 3.52. The first-order valence-electron chi connectivity index (χ1n) is 5.71. The lowest BCUT2D eigenvalue weighted by molar-refractivity contribution is 0.142. The maximum Gasteiger partial charge on any atom is 0.255 e. The number of benzene rings is 1. The Bertz CT molecular complexity index is 600. The number of rotatable bonds is 4. The average molecular weight is 289 g/mol. The molecule has 0 saturated carbocycles. The standard InChI is InChI=1S/C13H14F2N2O.ClH/c1-8(16-7-12(14)15)11-6-17-13(18)10-5-3-2-4-9(10)11;/h2-6,8,12,16H,7H2,1H3,(H,17,18);1H. The summed E-state index contributed by atoms with van der Waals surface area (Å²) in [6.07, 6.45) is -0.810. The first-order valence-corrected chi connectivity index (χ1v) is 5.71. The van der Waals surface area contributed by atoms with Crippen LogP contribution in [0.4, 0.5) is 8.78 Å². The molecule has 1 unspecified atom stereocenters. The van der Waals surface area contributed by atoms with Crippen molar-refractivity contribution >= 4 is 23.2 Å². The van der Waals surface area contributed by atoms with E-state index in [2.05, 4.69) is 10.3 Å². The molecule has 0 saturated heterocycles. The maximum absolute atomic E-state index is 12.2. The van der Waals surface area contributed by atoms with Crippen LogP contribution in [0.3, 0.4) is 0 Å². The number of fused-ring (bicyclic) bond motifs is 1. The van der Waals surface area contributed by atoms with E-state index in [1.165, 1.54) is 0 Å². The normalized spacial score (nSPS) is 12.4. The number of H-pyrrole nitrogens is 1. The van der Waals surface area contributed by atoms with E-state index >= 15 is 0 Å². The second kappa shape index (κ2) is 6.63. The molecule has 3 nitrogen and oxygen atoms in total. The molecule has 2 aromatic rings. The van der Waals surface area contributed by atoms with Crippen LogP contribution in [0.15, 0.2) is 35.3 Å². The lowest BCUT2D eigenvalue weighted by Crippen LogP contribution is -2.25. The first kappa shape index (κ1) is 15.6. The Morgan fingerprint density at radius 3 is 2.53 bits per heavy atom. The van der Waals surface area contributed by atoms with Crippen molar-refractivity contribution in [2.75, 3.05) is 6.54 Å². The number of pyridine rings is 1. The van der Waals surface area contributed by atoms with Gasteiger partial charge < -0.3 is 10.3 Å². The van der Waals surface area contributed by atoms with E-state index in [9.17, 15) is 13.6 Å². The lowest BCUT2D eigenvalue weighted by Gasteiger charge is -2.15. The highest BCUT2D eigenvalue weighted by atomic mass is 35.5. The molecule has 0 aliphatic heterocycles. The van der Waals surface area contributed by atoms with Crippen LogP contribution in [0, 0.1) is 0 Å². The molecule has 1 atom stereocenters. The van der Waals surface area contributed by atoms with Crippen LogP contribution < -0.4 is 10.9 Å². The van der Waals surface area contributed by atoms with Gasteiger partial charge in [0.15, 0.2) is 0 Å². The summed E-state index contributed by atoms with van der Waals surface area (Å²) in [5.41, 5.74) is 0.640. The number of hydrogen-bond acceptors (Lipinski definition) is 2. The van der Waals surface area contributed by atoms with Crippen LogP contribution in [-0.2, 0) is 0 Å². The van der Waals surface area contributed by atoms with Gasteiger partial charge in [0.05, 0.1) is 6.54 Å². The van der Waals surface area contributed by atoms with Gasteiger partial charge in [0, 0.05) is 17.6 Å². The van der Waals surface area contributed by atoms with E-state index in [-0.39, 0.29) is 30.6 Å². The van der Waals surface area contributed by atoms with Crippen molar-refractivity contribution in [1.29, 1.82) is 0 Å². The highest BCUT2D eigenvalue weighted by Gasteiger charge is 2.12. The van der Waals surface area contributed by atoms with E-state index < -0.39 is 6.43 Å². The second-order valence-corrected chi connectivity index (χ2v) is 4.14. The second-order valence-electron chi connectivity index (χ2n) is 4.14. The summed E-state index contributed by atoms with van der Waals surface area (Å²) in [7, 11) is 0. The Morgan fingerprint density at radius 2 is 1.89 bits per heavy atom. The predicted octanol–water partition coefficient (Wildman–Crippen LogP) is 2.87. The minimum atomic E-state index is -2.39. The van der Waals surface area contributed by atoms with Crippen molar-refractivity contribution in [3.63, 3.8) is 0 Å². The zero-order valence-electron chi connectivity index (χ0n) is 10.3. The quantitative estimate of drug-likeness (QED) is 0.909. The molecule has 2 N–H and O–H groups in total. The van der Waals surface area contributed by atoms with E-state index in [0.717, 1.165) is 10.9 Å². The highest BCUT2D eigenvalue weighted by Crippen LogP contribution is 2.20. The molecule has 0 fully saturated rings. The van der Waals surface area contributed by atoms with Crippen LogP contribution in [0.2, 0.25) is 0 Å². The largest absolute Gasteiger partial charge is 0.328 e. The number of nitrogens with one attached hydrogen (secondary N) is 2. The third-order valence-corrected chi connectivity index (χ3v) is 2.89. The molecule has 0 aliphatic rings. The lowest BCUT2D eigenvalue weighted by atomic mass is 10.0. The summed E-state index contributed by atoms with van der Waals surface area (Å²) < 4.78 is 24.3. The number of halogens is 3. The van der Waals surface area contributed by atoms with Gasteiger partial charge in [0.2, 0.25) is 0 Å². The minimum Gasteiger partial charge on any atom is -0.328 e. The smallest absolute Gasteiger partial charge is 0.255 e. The van der Waals surface area contributed by atoms with Crippen LogP contribution in [-0.4, -0.2) is 18.0 Å². The van der Waals surface area contributed by atoms with Crippen molar-refractivity contribution in [2.45, 2.75) is 19.4 Å². The van der Waals surface area contributed by atoms with Gasteiger partial charge in [-0.05, 0) is 23.9 Å². The van der Waals surface area contributed by atoms with Gasteiger partial charge in [-0.2, -0.15) is 0 Å². The van der Waals surface area contributed by atoms with Crippen molar-refractivity contribution in [3.05, 3.63) is 46.4 Å². The zero-order chi connectivity index (χ0) is 13.1. The third-order valence-electron chi connectivity index (χ3n) is 2.89. The summed E-state index contributed by atoms with van der Waals surface area (Å²) in [4.78, 5) is 14.3. The molecule has 104 valence electrons. The summed E-state index contributed by atoms with van der Waals surface area (Å²) in [6, 6.07) is 6.89. The summed E-state index contributed by atoms with van der Waals surface area (Å²) in [5.74, 6) is 0. The van der Waals surface area contributed by atoms with Gasteiger partial charge in [0.25, 0.3) is 12.0 Å². The van der Waals surface area contributed by atoms with Gasteiger partial charge in [-0.25, -0.2) is 8.78 Å². The Labute approximate surface area is 115 Å². The van der Waals surface area contributed by atoms with Gasteiger partial charge in [-0.15, -0.1) is 12.4 Å². The SMILES string of the molecule is CC(NCC(F)F)c1c[nH]c(=O)c2ccccc12.Cl. The van der Waals surface area contributed by atoms with Crippen molar-refractivity contribution < 1.29 is 8.78 Å². The number of hydrogen-bond donors (Lipinski definition) is 2. The topological polar surface area (TPSA) is 44.9 Å². The molecule has 0 spiro atoms. The molecule has 2 rings (SSSR count). The van der Waals surface area contributed by atoms with Crippen molar-refractivity contribution in [2.24, 2.45) is 0 Å². The predicted molar refractivity (Wildman–Crippen MR) is 74.2 cm³/mol. The Morgan fingerprint density at radius 1 is 1.26 bits per heavy atom. The van der Waals surface area contributed by atoms with Gasteiger partial charge in [-0.3, -0.25) is 4.79 Å². The fourth-order valence-electron chi connectivity index (χ4n) is 1.97. The molecule has 0 radical (unpaired) electrons. The number of aromatic nitrogens is 1. The number of alkyl halides is 2. The molecular weight excluding hydrogens is 274 g/mol. The summed E-state index contributed by atoms with van der Waals surface area (Å²) in [5, 5.41) is 4.10. The molecule has 19 heavy (non-hydrogen) atoms. The molecular formula is C13H15ClF2N2O. The Hall–Kier alpha value is -1.46. The molecule has 1 aromatic carbocycles. The van der Waals surface area contributed by atoms with Gasteiger partial charge in [-0.1, -0.05) is 18.2 Å². The fourth-order valence-corrected chi connectivity index (χ4v) is 1.97. The zero-order valence-corrected chi connectivity index (χ0v) is 11.1. The van der Waals surface area contributed by atoms with Crippen LogP contribution in [0.1, 0.15) is 18.5 Å². The molecule has 6 heteroatoms. The monoisotopic (exact) mass is 288 g/mol. The summed E-state index contributed by atoms with van der Waals surface area (Å²) >= 11 is 0. The minimum absolute atomic E-state index is 0. The maximum atomic E-state index is 12.2. The first-order chi connectivity index (χ1) is 8.59. The van der Waals surface area contributed by atoms with Gasteiger partial charge >= 0.3 is 0 Å². The summed E-state index contributed by atoms with van der Waals surface area (Å²) in [6.45, 7) is 1.43. The Kier molecular flexibility index (Phi) is 5.44. The molecule has 1 aromatic heterocycles. The Balaban J connectivity index is 0.00000180. The van der Waals surface area contributed by atoms with Crippen LogP contribution in [0.25, 0.3) is 10.8 Å². The van der Waals surface area contributed by atoms with E-state index in [4.69, 9.17) is 0 Å².